The monoisotopic (exact) mass is 281 g/mol. The van der Waals surface area contributed by atoms with Crippen LogP contribution in [0.4, 0.5) is 0 Å². The van der Waals surface area contributed by atoms with Gasteiger partial charge in [-0.3, -0.25) is 0 Å². The zero-order valence-corrected chi connectivity index (χ0v) is 12.1. The standard InChI is InChI=1S/C15H23NO4/c1-15(2,16-9-12(18)10-17)8-11-3-4-13-14(7-11)20-6-5-19-13/h3-4,7,12,16-18H,5-6,8-10H2,1-2H3/t12-/m1/s1. The highest BCUT2D eigenvalue weighted by atomic mass is 16.6. The van der Waals surface area contributed by atoms with Crippen molar-refractivity contribution >= 4 is 0 Å². The Kier molecular flexibility index (Phi) is 4.86. The lowest BCUT2D eigenvalue weighted by atomic mass is 9.94. The molecule has 0 unspecified atom stereocenters. The van der Waals surface area contributed by atoms with E-state index in [9.17, 15) is 5.11 Å². The van der Waals surface area contributed by atoms with Crippen LogP contribution in [0.3, 0.4) is 0 Å². The Morgan fingerprint density at radius 1 is 1.25 bits per heavy atom. The molecule has 112 valence electrons. The molecule has 0 saturated heterocycles. The number of ether oxygens (including phenoxy) is 2. The van der Waals surface area contributed by atoms with Crippen molar-refractivity contribution < 1.29 is 19.7 Å². The minimum atomic E-state index is -0.727. The Morgan fingerprint density at radius 3 is 2.65 bits per heavy atom. The number of aliphatic hydroxyl groups is 2. The van der Waals surface area contributed by atoms with Crippen molar-refractivity contribution in [2.24, 2.45) is 0 Å². The predicted octanol–water partition coefficient (Wildman–Crippen LogP) is 0.722. The summed E-state index contributed by atoms with van der Waals surface area (Å²) in [5.74, 6) is 1.58. The van der Waals surface area contributed by atoms with Crippen LogP contribution in [-0.4, -0.2) is 48.2 Å². The van der Waals surface area contributed by atoms with Crippen LogP contribution in [-0.2, 0) is 6.42 Å². The summed E-state index contributed by atoms with van der Waals surface area (Å²) < 4.78 is 11.1. The van der Waals surface area contributed by atoms with Crippen LogP contribution in [0.2, 0.25) is 0 Å². The summed E-state index contributed by atoms with van der Waals surface area (Å²) in [6.07, 6.45) is 0.0662. The van der Waals surface area contributed by atoms with Gasteiger partial charge in [0, 0.05) is 12.1 Å². The molecule has 1 heterocycles. The summed E-state index contributed by atoms with van der Waals surface area (Å²) in [6.45, 7) is 5.45. The van der Waals surface area contributed by atoms with Crippen LogP contribution in [0.15, 0.2) is 18.2 Å². The lowest BCUT2D eigenvalue weighted by Gasteiger charge is -2.28. The van der Waals surface area contributed by atoms with Crippen molar-refractivity contribution in [2.45, 2.75) is 31.9 Å². The van der Waals surface area contributed by atoms with E-state index < -0.39 is 6.10 Å². The van der Waals surface area contributed by atoms with Crippen molar-refractivity contribution in [3.8, 4) is 11.5 Å². The van der Waals surface area contributed by atoms with E-state index in [1.807, 2.05) is 18.2 Å². The zero-order chi connectivity index (χ0) is 14.6. The quantitative estimate of drug-likeness (QED) is 0.717. The van der Waals surface area contributed by atoms with Crippen LogP contribution in [0.1, 0.15) is 19.4 Å². The first kappa shape index (κ1) is 15.1. The number of benzene rings is 1. The van der Waals surface area contributed by atoms with E-state index in [0.29, 0.717) is 19.8 Å². The van der Waals surface area contributed by atoms with E-state index in [1.165, 1.54) is 0 Å². The maximum absolute atomic E-state index is 9.40. The molecule has 5 heteroatoms. The first-order valence-electron chi connectivity index (χ1n) is 6.93. The van der Waals surface area contributed by atoms with Crippen molar-refractivity contribution in [1.82, 2.24) is 5.32 Å². The fourth-order valence-electron chi connectivity index (χ4n) is 2.23. The van der Waals surface area contributed by atoms with Gasteiger partial charge in [0.25, 0.3) is 0 Å². The number of fused-ring (bicyclic) bond motifs is 1. The molecular formula is C15H23NO4. The molecule has 0 bridgehead atoms. The van der Waals surface area contributed by atoms with Gasteiger partial charge in [0.2, 0.25) is 0 Å². The van der Waals surface area contributed by atoms with E-state index in [-0.39, 0.29) is 12.1 Å². The third kappa shape index (κ3) is 4.10. The van der Waals surface area contributed by atoms with Gasteiger partial charge in [0.15, 0.2) is 11.5 Å². The second-order valence-electron chi connectivity index (χ2n) is 5.76. The zero-order valence-electron chi connectivity index (χ0n) is 12.1. The first-order valence-corrected chi connectivity index (χ1v) is 6.93. The molecule has 0 aliphatic carbocycles. The average Bonchev–Trinajstić information content (AvgIpc) is 2.44. The van der Waals surface area contributed by atoms with Crippen molar-refractivity contribution in [3.63, 3.8) is 0 Å². The third-order valence-electron chi connectivity index (χ3n) is 3.28. The van der Waals surface area contributed by atoms with E-state index in [4.69, 9.17) is 14.6 Å². The molecule has 0 radical (unpaired) electrons. The molecule has 0 saturated carbocycles. The van der Waals surface area contributed by atoms with E-state index in [1.54, 1.807) is 0 Å². The molecule has 0 amide bonds. The van der Waals surface area contributed by atoms with Gasteiger partial charge in [0.05, 0.1) is 12.7 Å². The highest BCUT2D eigenvalue weighted by molar-refractivity contribution is 5.44. The van der Waals surface area contributed by atoms with Crippen molar-refractivity contribution in [1.29, 1.82) is 0 Å². The van der Waals surface area contributed by atoms with Gasteiger partial charge >= 0.3 is 0 Å². The maximum Gasteiger partial charge on any atom is 0.161 e. The Hall–Kier alpha value is -1.30. The molecule has 3 N–H and O–H groups in total. The van der Waals surface area contributed by atoms with Crippen LogP contribution < -0.4 is 14.8 Å². The van der Waals surface area contributed by atoms with Gasteiger partial charge in [-0.25, -0.2) is 0 Å². The summed E-state index contributed by atoms with van der Waals surface area (Å²) in [6, 6.07) is 5.96. The Balaban J connectivity index is 1.97. The van der Waals surface area contributed by atoms with E-state index in [0.717, 1.165) is 23.5 Å². The second kappa shape index (κ2) is 6.43. The predicted molar refractivity (Wildman–Crippen MR) is 76.3 cm³/mol. The topological polar surface area (TPSA) is 71.0 Å². The summed E-state index contributed by atoms with van der Waals surface area (Å²) in [5, 5.41) is 21.5. The molecule has 1 aromatic carbocycles. The molecular weight excluding hydrogens is 258 g/mol. The maximum atomic E-state index is 9.40. The first-order chi connectivity index (χ1) is 9.50. The smallest absolute Gasteiger partial charge is 0.161 e. The van der Waals surface area contributed by atoms with E-state index in [2.05, 4.69) is 19.2 Å². The molecule has 1 aliphatic heterocycles. The molecule has 5 nitrogen and oxygen atoms in total. The van der Waals surface area contributed by atoms with Crippen molar-refractivity contribution in [2.75, 3.05) is 26.4 Å². The molecule has 2 rings (SSSR count). The summed E-state index contributed by atoms with van der Waals surface area (Å²) in [7, 11) is 0. The highest BCUT2D eigenvalue weighted by Gasteiger charge is 2.20. The third-order valence-corrected chi connectivity index (χ3v) is 3.28. The molecule has 1 aromatic rings. The molecule has 1 aliphatic rings. The van der Waals surface area contributed by atoms with Gasteiger partial charge < -0.3 is 25.0 Å². The number of β-amino-alcohol motifs (C(OH)–C–C–N with tert-alkyl or cyclic N) is 1. The molecule has 20 heavy (non-hydrogen) atoms. The minimum absolute atomic E-state index is 0.181. The number of hydrogen-bond donors (Lipinski definition) is 3. The van der Waals surface area contributed by atoms with Crippen LogP contribution in [0, 0.1) is 0 Å². The normalized spacial score (nSPS) is 16.0. The fraction of sp³-hybridized carbons (Fsp3) is 0.600. The largest absolute Gasteiger partial charge is 0.486 e. The van der Waals surface area contributed by atoms with Gasteiger partial charge in [-0.05, 0) is 38.0 Å². The Labute approximate surface area is 119 Å². The number of rotatable bonds is 6. The number of aliphatic hydroxyl groups excluding tert-OH is 2. The Bertz CT molecular complexity index is 447. The molecule has 0 spiro atoms. The molecule has 1 atom stereocenters. The summed E-state index contributed by atoms with van der Waals surface area (Å²) >= 11 is 0. The lowest BCUT2D eigenvalue weighted by molar-refractivity contribution is 0.0877. The van der Waals surface area contributed by atoms with Crippen LogP contribution in [0.5, 0.6) is 11.5 Å². The SMILES string of the molecule is CC(C)(Cc1ccc2c(c1)OCCO2)NC[C@@H](O)CO. The van der Waals surface area contributed by atoms with Crippen LogP contribution in [0.25, 0.3) is 0 Å². The van der Waals surface area contributed by atoms with Gasteiger partial charge in [-0.15, -0.1) is 0 Å². The second-order valence-corrected chi connectivity index (χ2v) is 5.76. The van der Waals surface area contributed by atoms with Gasteiger partial charge in [0.1, 0.15) is 13.2 Å². The van der Waals surface area contributed by atoms with Crippen LogP contribution >= 0.6 is 0 Å². The Morgan fingerprint density at radius 2 is 1.95 bits per heavy atom. The van der Waals surface area contributed by atoms with Gasteiger partial charge in [-0.2, -0.15) is 0 Å². The highest BCUT2D eigenvalue weighted by Crippen LogP contribution is 2.31. The average molecular weight is 281 g/mol. The summed E-state index contributed by atoms with van der Waals surface area (Å²) in [5.41, 5.74) is 0.963. The van der Waals surface area contributed by atoms with E-state index >= 15 is 0 Å². The lowest BCUT2D eigenvalue weighted by Crippen LogP contribution is -2.45. The summed E-state index contributed by atoms with van der Waals surface area (Å²) in [4.78, 5) is 0. The number of hydrogen-bond acceptors (Lipinski definition) is 5. The fourth-order valence-corrected chi connectivity index (χ4v) is 2.23. The molecule has 0 fully saturated rings. The van der Waals surface area contributed by atoms with Gasteiger partial charge in [-0.1, -0.05) is 6.07 Å². The van der Waals surface area contributed by atoms with Crippen molar-refractivity contribution in [3.05, 3.63) is 23.8 Å². The number of nitrogens with one attached hydrogen (secondary N) is 1. The minimum Gasteiger partial charge on any atom is -0.486 e. The molecule has 0 aromatic heterocycles.